The van der Waals surface area contributed by atoms with Crippen molar-refractivity contribution in [3.8, 4) is 16.1 Å². The molecule has 0 bridgehead atoms. The molecule has 173 valence electrons. The fraction of sp³-hybridized carbons (Fsp3) is 0. The van der Waals surface area contributed by atoms with Crippen LogP contribution in [0.4, 0.5) is 0 Å². The van der Waals surface area contributed by atoms with E-state index in [1.807, 2.05) is 12.4 Å². The second kappa shape index (κ2) is 8.14. The van der Waals surface area contributed by atoms with Gasteiger partial charge in [-0.1, -0.05) is 87.9 Å². The van der Waals surface area contributed by atoms with Crippen molar-refractivity contribution in [2.45, 2.75) is 0 Å². The maximum atomic E-state index is 4.66. The zero-order valence-electron chi connectivity index (χ0n) is 19.0. The molecule has 0 fully saturated rings. The summed E-state index contributed by atoms with van der Waals surface area (Å²) < 4.78 is 4.54. The Morgan fingerprint density at radius 1 is 0.694 bits per heavy atom. The summed E-state index contributed by atoms with van der Waals surface area (Å²) in [5.74, 6) is 0. The molecule has 1 radical (unpaired) electrons. The molecule has 0 unspecified atom stereocenters. The number of hydrogen-bond donors (Lipinski definition) is 0. The van der Waals surface area contributed by atoms with Gasteiger partial charge in [-0.2, -0.15) is 0 Å². The molecule has 3 nitrogen and oxygen atoms in total. The molecule has 0 saturated heterocycles. The van der Waals surface area contributed by atoms with Gasteiger partial charge in [-0.15, -0.1) is 5.39 Å². The Labute approximate surface area is 224 Å². The number of fused-ring (bicyclic) bond motifs is 9. The van der Waals surface area contributed by atoms with Gasteiger partial charge in [-0.25, -0.2) is 0 Å². The van der Waals surface area contributed by atoms with Crippen LogP contribution in [-0.2, 0) is 20.1 Å². The van der Waals surface area contributed by atoms with Crippen molar-refractivity contribution in [3.63, 3.8) is 0 Å². The molecule has 4 heterocycles. The molecule has 8 rings (SSSR count). The summed E-state index contributed by atoms with van der Waals surface area (Å²) in [6.45, 7) is 0. The van der Waals surface area contributed by atoms with E-state index >= 15 is 0 Å². The Morgan fingerprint density at radius 3 is 2.11 bits per heavy atom. The largest absolute Gasteiger partial charge is 0.340 e. The van der Waals surface area contributed by atoms with Crippen molar-refractivity contribution < 1.29 is 20.1 Å². The van der Waals surface area contributed by atoms with Gasteiger partial charge in [0.15, 0.2) is 0 Å². The maximum Gasteiger partial charge on any atom is 0.0609 e. The summed E-state index contributed by atoms with van der Waals surface area (Å²) in [7, 11) is 0. The second-order valence-electron chi connectivity index (χ2n) is 8.84. The summed E-state index contributed by atoms with van der Waals surface area (Å²) in [6, 6.07) is 34.8. The van der Waals surface area contributed by atoms with Gasteiger partial charge in [0.1, 0.15) is 0 Å². The van der Waals surface area contributed by atoms with Gasteiger partial charge >= 0.3 is 0 Å². The molecule has 8 aromatic rings. The number of aromatic nitrogens is 3. The van der Waals surface area contributed by atoms with Crippen LogP contribution in [0.5, 0.6) is 0 Å². The van der Waals surface area contributed by atoms with Gasteiger partial charge in [-0.05, 0) is 35.7 Å². The number of para-hydroxylation sites is 3. The van der Waals surface area contributed by atoms with Crippen molar-refractivity contribution >= 4 is 60.5 Å². The summed E-state index contributed by atoms with van der Waals surface area (Å²) in [5.41, 5.74) is 6.92. The van der Waals surface area contributed by atoms with E-state index in [1.165, 1.54) is 48.5 Å². The van der Waals surface area contributed by atoms with Gasteiger partial charge < -0.3 is 8.97 Å². The molecule has 0 atom stereocenters. The Balaban J connectivity index is 0.00000220. The smallest absolute Gasteiger partial charge is 0.0609 e. The molecule has 0 aliphatic heterocycles. The van der Waals surface area contributed by atoms with E-state index in [0.717, 1.165) is 16.7 Å². The average molecular weight is 657 g/mol. The van der Waals surface area contributed by atoms with Crippen molar-refractivity contribution in [2.24, 2.45) is 0 Å². The molecule has 0 spiro atoms. The number of benzene rings is 4. The van der Waals surface area contributed by atoms with E-state index in [9.17, 15) is 0 Å². The molecule has 0 saturated carbocycles. The zero-order chi connectivity index (χ0) is 22.9. The standard InChI is InChI=1S/C31H18N3S.Ir/c1-5-14-27-22(10-1)23-11-2-6-15-28(23)34(27)21-9-7-8-20(18-21)30-29-24-12-3-4-13-26(24)33-17-16-32-31(33)25(29)19-35-30;/h1-18H;/q-1;. The number of pyridine rings is 1. The van der Waals surface area contributed by atoms with E-state index < -0.39 is 0 Å². The van der Waals surface area contributed by atoms with Crippen molar-refractivity contribution in [1.29, 1.82) is 0 Å². The normalized spacial score (nSPS) is 11.7. The predicted octanol–water partition coefficient (Wildman–Crippen LogP) is 8.26. The Kier molecular flexibility index (Phi) is 4.87. The quantitative estimate of drug-likeness (QED) is 0.172. The average Bonchev–Trinajstić information content (AvgIpc) is 3.64. The summed E-state index contributed by atoms with van der Waals surface area (Å²) in [4.78, 5) is 5.89. The van der Waals surface area contributed by atoms with Gasteiger partial charge in [0, 0.05) is 54.5 Å². The monoisotopic (exact) mass is 657 g/mol. The molecule has 4 aromatic heterocycles. The Bertz CT molecular complexity index is 2030. The minimum atomic E-state index is 0. The van der Waals surface area contributed by atoms with E-state index in [-0.39, 0.29) is 20.1 Å². The number of hydrogen-bond acceptors (Lipinski definition) is 2. The Hall–Kier alpha value is -3.76. The molecule has 0 amide bonds. The van der Waals surface area contributed by atoms with Gasteiger partial charge in [0.05, 0.1) is 16.7 Å². The van der Waals surface area contributed by atoms with Crippen LogP contribution in [0.1, 0.15) is 0 Å². The van der Waals surface area contributed by atoms with Crippen LogP contribution in [0.3, 0.4) is 0 Å². The van der Waals surface area contributed by atoms with Crippen LogP contribution < -0.4 is 0 Å². The molecular formula is C31H18IrN3S-. The second-order valence-corrected chi connectivity index (χ2v) is 9.66. The molecule has 36 heavy (non-hydrogen) atoms. The number of rotatable bonds is 2. The first-order valence-electron chi connectivity index (χ1n) is 11.7. The van der Waals surface area contributed by atoms with Gasteiger partial charge in [0.2, 0.25) is 0 Å². The maximum absolute atomic E-state index is 4.66. The summed E-state index contributed by atoms with van der Waals surface area (Å²) in [5, 5.41) is 9.65. The fourth-order valence-corrected chi connectivity index (χ4v) is 6.46. The third-order valence-corrected chi connectivity index (χ3v) is 7.93. The zero-order valence-corrected chi connectivity index (χ0v) is 22.2. The van der Waals surface area contributed by atoms with Crippen LogP contribution in [0.25, 0.3) is 65.3 Å². The fourth-order valence-electron chi connectivity index (χ4n) is 5.50. The minimum Gasteiger partial charge on any atom is -0.340 e. The molecule has 4 aromatic carbocycles. The topological polar surface area (TPSA) is 22.2 Å². The first-order valence-corrected chi connectivity index (χ1v) is 12.5. The summed E-state index contributed by atoms with van der Waals surface area (Å²) in [6.07, 6.45) is 3.90. The van der Waals surface area contributed by atoms with Crippen LogP contribution in [0.15, 0.2) is 109 Å². The first kappa shape index (κ1) is 21.5. The molecule has 0 aliphatic rings. The van der Waals surface area contributed by atoms with E-state index in [4.69, 9.17) is 0 Å². The third kappa shape index (κ3) is 2.91. The number of thiophene rings is 1. The van der Waals surface area contributed by atoms with E-state index in [1.54, 1.807) is 11.3 Å². The van der Waals surface area contributed by atoms with Crippen LogP contribution in [-0.4, -0.2) is 14.0 Å². The predicted molar refractivity (Wildman–Crippen MR) is 147 cm³/mol. The number of nitrogens with zero attached hydrogens (tertiary/aromatic N) is 3. The first-order chi connectivity index (χ1) is 17.4. The van der Waals surface area contributed by atoms with Crippen molar-refractivity contribution in [2.75, 3.05) is 0 Å². The van der Waals surface area contributed by atoms with Gasteiger partial charge in [0.25, 0.3) is 0 Å². The van der Waals surface area contributed by atoms with Crippen molar-refractivity contribution in [3.05, 3.63) is 115 Å². The summed E-state index contributed by atoms with van der Waals surface area (Å²) >= 11 is 1.67. The van der Waals surface area contributed by atoms with Crippen LogP contribution in [0, 0.1) is 5.38 Å². The minimum absolute atomic E-state index is 0. The van der Waals surface area contributed by atoms with Crippen LogP contribution >= 0.6 is 11.3 Å². The van der Waals surface area contributed by atoms with Crippen molar-refractivity contribution in [1.82, 2.24) is 14.0 Å². The van der Waals surface area contributed by atoms with E-state index in [0.29, 0.717) is 0 Å². The molecular weight excluding hydrogens is 639 g/mol. The number of imidazole rings is 1. The molecule has 5 heteroatoms. The van der Waals surface area contributed by atoms with Gasteiger partial charge in [-0.3, -0.25) is 16.3 Å². The Morgan fingerprint density at radius 2 is 1.36 bits per heavy atom. The SMILES string of the molecule is [Ir].[c-]1sc(-c2cccc(-n3c4ccccc4c4ccccc43)c2)c2c1c1nccn1c1ccccc21. The third-order valence-electron chi connectivity index (χ3n) is 6.98. The van der Waals surface area contributed by atoms with E-state index in [2.05, 4.69) is 116 Å². The van der Waals surface area contributed by atoms with Crippen LogP contribution in [0.2, 0.25) is 0 Å². The molecule has 0 N–H and O–H groups in total. The molecule has 0 aliphatic carbocycles.